The second kappa shape index (κ2) is 4.76. The number of benzene rings is 1. The van der Waals surface area contributed by atoms with Crippen LogP contribution in [0.15, 0.2) is 30.3 Å². The summed E-state index contributed by atoms with van der Waals surface area (Å²) in [7, 11) is -1.03. The van der Waals surface area contributed by atoms with Crippen molar-refractivity contribution in [2.45, 2.75) is 38.8 Å². The second-order valence-corrected chi connectivity index (χ2v) is 10.6. The van der Waals surface area contributed by atoms with Gasteiger partial charge in [-0.2, -0.15) is 0 Å². The number of hydrogen-bond acceptors (Lipinski definition) is 1. The summed E-state index contributed by atoms with van der Waals surface area (Å²) in [4.78, 5) is 0. The van der Waals surface area contributed by atoms with Crippen LogP contribution in [0.25, 0.3) is 0 Å². The Morgan fingerprint density at radius 1 is 1.14 bits per heavy atom. The maximum Gasteiger partial charge on any atom is 0.0631 e. The summed E-state index contributed by atoms with van der Waals surface area (Å²) < 4.78 is 0. The largest absolute Gasteiger partial charge is 0.313 e. The average Bonchev–Trinajstić information content (AvgIpc) is 2.14. The van der Waals surface area contributed by atoms with E-state index in [9.17, 15) is 0 Å². The van der Waals surface area contributed by atoms with Crippen LogP contribution >= 0.6 is 0 Å². The summed E-state index contributed by atoms with van der Waals surface area (Å²) in [6, 6.07) is 10.6. The monoisotopic (exact) mass is 207 g/mol. The van der Waals surface area contributed by atoms with Gasteiger partial charge in [-0.15, -0.1) is 0 Å². The highest BCUT2D eigenvalue weighted by Crippen LogP contribution is 2.07. The lowest BCUT2D eigenvalue weighted by atomic mass is 10.2. The third kappa shape index (κ3) is 3.64. The van der Waals surface area contributed by atoms with Gasteiger partial charge in [0.25, 0.3) is 0 Å². The topological polar surface area (TPSA) is 12.0 Å². The van der Waals surface area contributed by atoms with Gasteiger partial charge in [0.1, 0.15) is 0 Å². The Bertz CT molecular complexity index is 263. The highest BCUT2D eigenvalue weighted by atomic mass is 28.3. The first-order valence-corrected chi connectivity index (χ1v) is 8.85. The minimum Gasteiger partial charge on any atom is -0.313 e. The van der Waals surface area contributed by atoms with Crippen LogP contribution in [0.4, 0.5) is 0 Å². The first kappa shape index (κ1) is 11.5. The number of hydrogen-bond donors (Lipinski definition) is 1. The van der Waals surface area contributed by atoms with Gasteiger partial charge in [0.05, 0.1) is 8.07 Å². The van der Waals surface area contributed by atoms with E-state index in [0.29, 0.717) is 5.67 Å². The first-order valence-electron chi connectivity index (χ1n) is 5.27. The van der Waals surface area contributed by atoms with Crippen molar-refractivity contribution in [1.29, 1.82) is 0 Å². The Hall–Kier alpha value is -0.603. The molecule has 1 N–H and O–H groups in total. The van der Waals surface area contributed by atoms with Crippen LogP contribution in [0.5, 0.6) is 0 Å². The molecule has 0 heterocycles. The average molecular weight is 207 g/mol. The lowest BCUT2D eigenvalue weighted by Crippen LogP contribution is -2.46. The van der Waals surface area contributed by atoms with Crippen molar-refractivity contribution >= 4 is 8.07 Å². The molecule has 0 saturated carbocycles. The van der Waals surface area contributed by atoms with Gasteiger partial charge in [0, 0.05) is 6.54 Å². The molecule has 0 amide bonds. The fraction of sp³-hybridized carbons (Fsp3) is 0.500. The predicted octanol–water partition coefficient (Wildman–Crippen LogP) is 3.04. The van der Waals surface area contributed by atoms with Gasteiger partial charge in [0.15, 0.2) is 0 Å². The van der Waals surface area contributed by atoms with Crippen molar-refractivity contribution in [3.8, 4) is 0 Å². The van der Waals surface area contributed by atoms with E-state index in [-0.39, 0.29) is 0 Å². The van der Waals surface area contributed by atoms with Crippen LogP contribution < -0.4 is 5.32 Å². The normalized spacial score (nSPS) is 14.0. The molecule has 0 aliphatic carbocycles. The molecular formula is C12H21NSi. The molecule has 0 aliphatic heterocycles. The zero-order valence-electron chi connectivity index (χ0n) is 9.67. The molecule has 1 rings (SSSR count). The zero-order chi connectivity index (χ0) is 10.6. The molecule has 14 heavy (non-hydrogen) atoms. The highest BCUT2D eigenvalue weighted by molar-refractivity contribution is 6.77. The van der Waals surface area contributed by atoms with Crippen LogP contribution in [0.2, 0.25) is 19.6 Å². The molecule has 0 saturated heterocycles. The number of rotatable bonds is 4. The Balaban J connectivity index is 2.42. The molecule has 1 aromatic rings. The third-order valence-electron chi connectivity index (χ3n) is 2.75. The summed E-state index contributed by atoms with van der Waals surface area (Å²) in [5, 5.41) is 3.60. The van der Waals surface area contributed by atoms with Crippen LogP contribution in [0.3, 0.4) is 0 Å². The van der Waals surface area contributed by atoms with Crippen molar-refractivity contribution in [1.82, 2.24) is 5.32 Å². The van der Waals surface area contributed by atoms with Crippen LogP contribution in [0, 0.1) is 0 Å². The highest BCUT2D eigenvalue weighted by Gasteiger charge is 2.21. The molecule has 1 atom stereocenters. The van der Waals surface area contributed by atoms with Gasteiger partial charge < -0.3 is 5.32 Å². The van der Waals surface area contributed by atoms with Crippen molar-refractivity contribution in [2.24, 2.45) is 0 Å². The van der Waals surface area contributed by atoms with Gasteiger partial charge in [-0.25, -0.2) is 0 Å². The number of nitrogens with one attached hydrogen (secondary N) is 1. The minimum absolute atomic E-state index is 0.669. The summed E-state index contributed by atoms with van der Waals surface area (Å²) in [6.07, 6.45) is 0. The maximum absolute atomic E-state index is 3.60. The predicted molar refractivity (Wildman–Crippen MR) is 66.1 cm³/mol. The smallest absolute Gasteiger partial charge is 0.0631 e. The van der Waals surface area contributed by atoms with Crippen molar-refractivity contribution in [3.05, 3.63) is 35.9 Å². The minimum atomic E-state index is -1.03. The lowest BCUT2D eigenvalue weighted by molar-refractivity contribution is 0.659. The van der Waals surface area contributed by atoms with Gasteiger partial charge in [-0.1, -0.05) is 56.9 Å². The molecule has 1 aromatic carbocycles. The van der Waals surface area contributed by atoms with E-state index >= 15 is 0 Å². The third-order valence-corrected chi connectivity index (χ3v) is 5.56. The van der Waals surface area contributed by atoms with Gasteiger partial charge in [0.2, 0.25) is 0 Å². The summed E-state index contributed by atoms with van der Waals surface area (Å²) in [5.41, 5.74) is 2.04. The van der Waals surface area contributed by atoms with E-state index in [1.54, 1.807) is 0 Å². The molecule has 0 spiro atoms. The molecule has 0 bridgehead atoms. The van der Waals surface area contributed by atoms with Gasteiger partial charge in [-0.05, 0) is 11.2 Å². The first-order chi connectivity index (χ1) is 6.50. The van der Waals surface area contributed by atoms with E-state index in [2.05, 4.69) is 62.2 Å². The van der Waals surface area contributed by atoms with Crippen LogP contribution in [0.1, 0.15) is 12.5 Å². The Morgan fingerprint density at radius 3 is 2.21 bits per heavy atom. The fourth-order valence-electron chi connectivity index (χ4n) is 1.17. The molecule has 2 heteroatoms. The second-order valence-electron chi connectivity index (χ2n) is 4.95. The maximum atomic E-state index is 3.60. The van der Waals surface area contributed by atoms with Crippen molar-refractivity contribution in [2.75, 3.05) is 0 Å². The summed E-state index contributed by atoms with van der Waals surface area (Å²) >= 11 is 0. The Kier molecular flexibility index (Phi) is 3.90. The Labute approximate surface area is 88.6 Å². The van der Waals surface area contributed by atoms with E-state index in [1.165, 1.54) is 5.56 Å². The molecule has 0 unspecified atom stereocenters. The molecule has 0 aliphatic rings. The standard InChI is InChI=1S/C12H21NSi/c1-11(14(2,3)4)13-10-12-8-6-5-7-9-12/h5-9,11,13H,10H2,1-4H3/t11-/m0/s1. The van der Waals surface area contributed by atoms with Crippen molar-refractivity contribution in [3.63, 3.8) is 0 Å². The van der Waals surface area contributed by atoms with Crippen molar-refractivity contribution < 1.29 is 0 Å². The van der Waals surface area contributed by atoms with Crippen LogP contribution in [-0.4, -0.2) is 13.7 Å². The van der Waals surface area contributed by atoms with E-state index < -0.39 is 8.07 Å². The van der Waals surface area contributed by atoms with Gasteiger partial charge in [-0.3, -0.25) is 0 Å². The quantitative estimate of drug-likeness (QED) is 0.748. The molecule has 78 valence electrons. The lowest BCUT2D eigenvalue weighted by Gasteiger charge is -2.26. The molecular weight excluding hydrogens is 186 g/mol. The molecule has 1 nitrogen and oxygen atoms in total. The molecule has 0 radical (unpaired) electrons. The Morgan fingerprint density at radius 2 is 1.71 bits per heavy atom. The molecule has 0 aromatic heterocycles. The summed E-state index contributed by atoms with van der Waals surface area (Å²) in [5.74, 6) is 0. The summed E-state index contributed by atoms with van der Waals surface area (Å²) in [6.45, 7) is 10.5. The van der Waals surface area contributed by atoms with E-state index in [0.717, 1.165) is 6.54 Å². The molecule has 0 fully saturated rings. The zero-order valence-corrected chi connectivity index (χ0v) is 10.7. The van der Waals surface area contributed by atoms with Crippen LogP contribution in [-0.2, 0) is 6.54 Å². The van der Waals surface area contributed by atoms with E-state index in [1.807, 2.05) is 0 Å². The fourth-order valence-corrected chi connectivity index (χ4v) is 1.89. The SMILES string of the molecule is C[C@@H](NCc1ccccc1)[Si](C)(C)C. The van der Waals surface area contributed by atoms with Gasteiger partial charge >= 0.3 is 0 Å². The van der Waals surface area contributed by atoms with E-state index in [4.69, 9.17) is 0 Å².